The summed E-state index contributed by atoms with van der Waals surface area (Å²) in [6, 6.07) is 0. The van der Waals surface area contributed by atoms with E-state index in [1.165, 1.54) is 0 Å². The standard InChI is InChI=1S/C7H13NS/c1-6(2)7(3)4-9-5-8-7/h5-6H,4H2,1-3H3. The van der Waals surface area contributed by atoms with Crippen LogP contribution in [-0.4, -0.2) is 16.8 Å². The van der Waals surface area contributed by atoms with Crippen LogP contribution in [0.15, 0.2) is 4.99 Å². The molecule has 0 aromatic heterocycles. The fraction of sp³-hybridized carbons (Fsp3) is 0.857. The molecule has 0 aliphatic carbocycles. The fourth-order valence-corrected chi connectivity index (χ4v) is 1.85. The highest BCUT2D eigenvalue weighted by atomic mass is 32.2. The Balaban J connectivity index is 2.62. The first-order chi connectivity index (χ1) is 4.15. The van der Waals surface area contributed by atoms with Crippen LogP contribution in [-0.2, 0) is 0 Å². The average Bonchev–Trinajstić information content (AvgIpc) is 2.16. The van der Waals surface area contributed by atoms with Crippen LogP contribution in [0.5, 0.6) is 0 Å². The lowest BCUT2D eigenvalue weighted by Gasteiger charge is -2.23. The summed E-state index contributed by atoms with van der Waals surface area (Å²) in [5.41, 5.74) is 2.20. The molecule has 1 heterocycles. The Bertz CT molecular complexity index is 131. The summed E-state index contributed by atoms with van der Waals surface area (Å²) in [6.07, 6.45) is 0. The first kappa shape index (κ1) is 7.13. The number of aliphatic imine (C=N–C) groups is 1. The summed E-state index contributed by atoms with van der Waals surface area (Å²) in [4.78, 5) is 4.41. The number of nitrogens with zero attached hydrogens (tertiary/aromatic N) is 1. The number of hydrogen-bond acceptors (Lipinski definition) is 2. The van der Waals surface area contributed by atoms with Crippen LogP contribution in [0.4, 0.5) is 0 Å². The van der Waals surface area contributed by atoms with Crippen LogP contribution in [0.25, 0.3) is 0 Å². The normalized spacial score (nSPS) is 34.2. The molecular weight excluding hydrogens is 130 g/mol. The molecule has 1 nitrogen and oxygen atoms in total. The van der Waals surface area contributed by atoms with Crippen molar-refractivity contribution in [2.45, 2.75) is 26.3 Å². The van der Waals surface area contributed by atoms with Crippen LogP contribution in [0.2, 0.25) is 0 Å². The number of hydrogen-bond donors (Lipinski definition) is 0. The van der Waals surface area contributed by atoms with Gasteiger partial charge in [-0.3, -0.25) is 4.99 Å². The van der Waals surface area contributed by atoms with E-state index < -0.39 is 0 Å². The Morgan fingerprint density at radius 2 is 2.33 bits per heavy atom. The minimum atomic E-state index is 0.227. The molecule has 2 heteroatoms. The molecule has 0 radical (unpaired) electrons. The monoisotopic (exact) mass is 143 g/mol. The molecule has 0 spiro atoms. The molecule has 9 heavy (non-hydrogen) atoms. The molecule has 0 fully saturated rings. The van der Waals surface area contributed by atoms with E-state index in [2.05, 4.69) is 25.8 Å². The van der Waals surface area contributed by atoms with Gasteiger partial charge >= 0.3 is 0 Å². The van der Waals surface area contributed by atoms with Crippen LogP contribution in [0.1, 0.15) is 20.8 Å². The minimum absolute atomic E-state index is 0.227. The van der Waals surface area contributed by atoms with E-state index >= 15 is 0 Å². The third-order valence-electron chi connectivity index (χ3n) is 2.04. The van der Waals surface area contributed by atoms with Gasteiger partial charge in [-0.15, -0.1) is 11.8 Å². The van der Waals surface area contributed by atoms with Gasteiger partial charge in [0, 0.05) is 5.75 Å². The van der Waals surface area contributed by atoms with Crippen molar-refractivity contribution in [2.24, 2.45) is 10.9 Å². The van der Waals surface area contributed by atoms with E-state index in [1.54, 1.807) is 0 Å². The second-order valence-electron chi connectivity index (χ2n) is 3.06. The van der Waals surface area contributed by atoms with Gasteiger partial charge in [0.1, 0.15) is 0 Å². The molecule has 0 aromatic carbocycles. The van der Waals surface area contributed by atoms with Gasteiger partial charge in [0.05, 0.1) is 11.1 Å². The number of rotatable bonds is 1. The zero-order valence-corrected chi connectivity index (χ0v) is 7.03. The molecular formula is C7H13NS. The van der Waals surface area contributed by atoms with Crippen molar-refractivity contribution in [3.8, 4) is 0 Å². The Morgan fingerprint density at radius 3 is 2.56 bits per heavy atom. The van der Waals surface area contributed by atoms with E-state index in [1.807, 2.05) is 17.3 Å². The average molecular weight is 143 g/mol. The second kappa shape index (κ2) is 2.33. The minimum Gasteiger partial charge on any atom is -0.279 e. The molecule has 0 saturated heterocycles. The molecule has 1 rings (SSSR count). The smallest absolute Gasteiger partial charge is 0.0702 e. The zero-order chi connectivity index (χ0) is 6.91. The lowest BCUT2D eigenvalue weighted by atomic mass is 9.92. The third-order valence-corrected chi connectivity index (χ3v) is 3.05. The maximum atomic E-state index is 4.41. The molecule has 1 unspecified atom stereocenters. The zero-order valence-electron chi connectivity index (χ0n) is 6.22. The van der Waals surface area contributed by atoms with Gasteiger partial charge in [0.2, 0.25) is 0 Å². The van der Waals surface area contributed by atoms with Crippen molar-refractivity contribution in [3.05, 3.63) is 0 Å². The van der Waals surface area contributed by atoms with E-state index in [9.17, 15) is 0 Å². The van der Waals surface area contributed by atoms with Crippen LogP contribution >= 0.6 is 11.8 Å². The van der Waals surface area contributed by atoms with Gasteiger partial charge in [-0.25, -0.2) is 0 Å². The molecule has 52 valence electrons. The highest BCUT2D eigenvalue weighted by Crippen LogP contribution is 2.29. The van der Waals surface area contributed by atoms with Gasteiger partial charge in [0.25, 0.3) is 0 Å². The van der Waals surface area contributed by atoms with Crippen LogP contribution in [0.3, 0.4) is 0 Å². The van der Waals surface area contributed by atoms with E-state index in [0.29, 0.717) is 5.92 Å². The molecule has 1 aliphatic heterocycles. The van der Waals surface area contributed by atoms with Crippen molar-refractivity contribution >= 4 is 17.3 Å². The van der Waals surface area contributed by atoms with E-state index in [-0.39, 0.29) is 5.54 Å². The second-order valence-corrected chi connectivity index (χ2v) is 3.89. The van der Waals surface area contributed by atoms with Gasteiger partial charge in [-0.05, 0) is 12.8 Å². The summed E-state index contributed by atoms with van der Waals surface area (Å²) >= 11 is 1.82. The highest BCUT2D eigenvalue weighted by molar-refractivity contribution is 8.12. The fourth-order valence-electron chi connectivity index (χ4n) is 0.717. The van der Waals surface area contributed by atoms with Crippen LogP contribution in [0, 0.1) is 5.92 Å². The number of thioether (sulfide) groups is 1. The van der Waals surface area contributed by atoms with Crippen molar-refractivity contribution in [1.82, 2.24) is 0 Å². The Morgan fingerprint density at radius 1 is 1.67 bits per heavy atom. The summed E-state index contributed by atoms with van der Waals surface area (Å²) in [7, 11) is 0. The van der Waals surface area contributed by atoms with Crippen LogP contribution < -0.4 is 0 Å². The molecule has 0 amide bonds. The highest BCUT2D eigenvalue weighted by Gasteiger charge is 2.29. The van der Waals surface area contributed by atoms with E-state index in [4.69, 9.17) is 0 Å². The SMILES string of the molecule is CC(C)C1(C)CSC=N1. The maximum absolute atomic E-state index is 4.41. The van der Waals surface area contributed by atoms with Gasteiger partial charge < -0.3 is 0 Å². The van der Waals surface area contributed by atoms with Gasteiger partial charge in [0.15, 0.2) is 0 Å². The predicted octanol–water partition coefficient (Wildman–Crippen LogP) is 2.18. The molecule has 0 bridgehead atoms. The largest absolute Gasteiger partial charge is 0.279 e. The first-order valence-corrected chi connectivity index (χ1v) is 4.35. The maximum Gasteiger partial charge on any atom is 0.0702 e. The first-order valence-electron chi connectivity index (χ1n) is 3.30. The Labute approximate surface area is 60.9 Å². The molecule has 0 saturated carbocycles. The summed E-state index contributed by atoms with van der Waals surface area (Å²) in [5.74, 6) is 1.83. The Hall–Kier alpha value is 0.0200. The van der Waals surface area contributed by atoms with E-state index in [0.717, 1.165) is 5.75 Å². The molecule has 0 N–H and O–H groups in total. The molecule has 0 aromatic rings. The summed E-state index contributed by atoms with van der Waals surface area (Å²) < 4.78 is 0. The third kappa shape index (κ3) is 1.29. The molecule has 1 aliphatic rings. The van der Waals surface area contributed by atoms with Crippen molar-refractivity contribution < 1.29 is 0 Å². The van der Waals surface area contributed by atoms with Gasteiger partial charge in [-0.2, -0.15) is 0 Å². The predicted molar refractivity (Wildman–Crippen MR) is 44.2 cm³/mol. The van der Waals surface area contributed by atoms with Crippen molar-refractivity contribution in [2.75, 3.05) is 5.75 Å². The van der Waals surface area contributed by atoms with Crippen molar-refractivity contribution in [3.63, 3.8) is 0 Å². The quantitative estimate of drug-likeness (QED) is 0.548. The summed E-state index contributed by atoms with van der Waals surface area (Å²) in [5, 5.41) is 0. The molecule has 1 atom stereocenters. The topological polar surface area (TPSA) is 12.4 Å². The lowest BCUT2D eigenvalue weighted by Crippen LogP contribution is -2.28. The van der Waals surface area contributed by atoms with Crippen molar-refractivity contribution in [1.29, 1.82) is 0 Å². The van der Waals surface area contributed by atoms with Gasteiger partial charge in [-0.1, -0.05) is 13.8 Å². The lowest BCUT2D eigenvalue weighted by molar-refractivity contribution is 0.390. The summed E-state index contributed by atoms with van der Waals surface area (Å²) in [6.45, 7) is 6.67. The Kier molecular flexibility index (Phi) is 1.85.